The van der Waals surface area contributed by atoms with Crippen molar-refractivity contribution in [3.63, 3.8) is 0 Å². The van der Waals surface area contributed by atoms with Crippen molar-refractivity contribution >= 4 is 6.09 Å². The molecule has 19 heavy (non-hydrogen) atoms. The van der Waals surface area contributed by atoms with Gasteiger partial charge in [-0.2, -0.15) is 0 Å². The highest BCUT2D eigenvalue weighted by molar-refractivity contribution is 5.68. The zero-order chi connectivity index (χ0) is 14.3. The molecule has 1 aromatic heterocycles. The van der Waals surface area contributed by atoms with Gasteiger partial charge in [0.2, 0.25) is 0 Å². The number of amides is 1. The van der Waals surface area contributed by atoms with Crippen LogP contribution in [0.1, 0.15) is 26.5 Å². The smallest absolute Gasteiger partial charge is 0.410 e. The van der Waals surface area contributed by atoms with Crippen LogP contribution in [0.5, 0.6) is 0 Å². The van der Waals surface area contributed by atoms with Crippen LogP contribution >= 0.6 is 0 Å². The summed E-state index contributed by atoms with van der Waals surface area (Å²) in [6.07, 6.45) is 1.36. The number of hydrogen-bond donors (Lipinski definition) is 0. The second-order valence-corrected chi connectivity index (χ2v) is 5.22. The number of ether oxygens (including phenoxy) is 2. The molecule has 1 amide bonds. The van der Waals surface area contributed by atoms with E-state index in [1.807, 2.05) is 39.0 Å². The van der Waals surface area contributed by atoms with E-state index in [1.54, 1.807) is 18.2 Å². The van der Waals surface area contributed by atoms with E-state index in [9.17, 15) is 4.79 Å². The third-order valence-corrected chi connectivity index (χ3v) is 2.30. The molecule has 0 unspecified atom stereocenters. The highest BCUT2D eigenvalue weighted by Crippen LogP contribution is 2.11. The van der Waals surface area contributed by atoms with E-state index < -0.39 is 5.60 Å². The second-order valence-electron chi connectivity index (χ2n) is 5.22. The van der Waals surface area contributed by atoms with E-state index in [1.165, 1.54) is 0 Å². The average Bonchev–Trinajstić information content (AvgIpc) is 2.33. The van der Waals surface area contributed by atoms with E-state index in [-0.39, 0.29) is 6.09 Å². The number of carbonyl (C=O) groups is 1. The van der Waals surface area contributed by atoms with Crippen molar-refractivity contribution in [3.05, 3.63) is 30.1 Å². The summed E-state index contributed by atoms with van der Waals surface area (Å²) in [5.41, 5.74) is 0.316. The van der Waals surface area contributed by atoms with Crippen LogP contribution in [-0.4, -0.2) is 41.8 Å². The molecule has 1 aromatic rings. The predicted molar refractivity (Wildman–Crippen MR) is 72.8 cm³/mol. The Morgan fingerprint density at radius 2 is 2.11 bits per heavy atom. The van der Waals surface area contributed by atoms with Gasteiger partial charge in [0.1, 0.15) is 5.60 Å². The van der Waals surface area contributed by atoms with Crippen LogP contribution in [0.3, 0.4) is 0 Å². The van der Waals surface area contributed by atoms with Crippen LogP contribution in [0, 0.1) is 0 Å². The summed E-state index contributed by atoms with van der Waals surface area (Å²) < 4.78 is 10.4. The van der Waals surface area contributed by atoms with Gasteiger partial charge in [-0.15, -0.1) is 0 Å². The quantitative estimate of drug-likeness (QED) is 0.821. The Morgan fingerprint density at radius 1 is 1.37 bits per heavy atom. The van der Waals surface area contributed by atoms with Gasteiger partial charge in [0, 0.05) is 19.9 Å². The molecule has 0 fully saturated rings. The van der Waals surface area contributed by atoms with Crippen LogP contribution < -0.4 is 0 Å². The minimum absolute atomic E-state index is 0.352. The molecule has 0 aromatic carbocycles. The van der Waals surface area contributed by atoms with Gasteiger partial charge in [-0.1, -0.05) is 6.07 Å². The Balaban J connectivity index is 2.68. The van der Waals surface area contributed by atoms with Gasteiger partial charge in [0.25, 0.3) is 0 Å². The van der Waals surface area contributed by atoms with Gasteiger partial charge in [0.05, 0.1) is 18.8 Å². The summed E-state index contributed by atoms with van der Waals surface area (Å²) in [6.45, 7) is 6.90. The lowest BCUT2D eigenvalue weighted by Gasteiger charge is -2.27. The molecule has 5 heteroatoms. The molecule has 0 aliphatic heterocycles. The summed E-state index contributed by atoms with van der Waals surface area (Å²) in [5, 5.41) is 0. The van der Waals surface area contributed by atoms with E-state index in [0.717, 1.165) is 5.69 Å². The fraction of sp³-hybridized carbons (Fsp3) is 0.571. The summed E-state index contributed by atoms with van der Waals surface area (Å²) in [6, 6.07) is 5.62. The predicted octanol–water partition coefficient (Wildman–Crippen LogP) is 2.47. The topological polar surface area (TPSA) is 51.7 Å². The Bertz CT molecular complexity index is 387. The van der Waals surface area contributed by atoms with Crippen molar-refractivity contribution in [2.24, 2.45) is 0 Å². The lowest BCUT2D eigenvalue weighted by molar-refractivity contribution is 0.0181. The molecule has 0 saturated carbocycles. The molecular weight excluding hydrogens is 244 g/mol. The zero-order valence-electron chi connectivity index (χ0n) is 12.0. The lowest BCUT2D eigenvalue weighted by Crippen LogP contribution is -2.38. The molecule has 0 saturated heterocycles. The van der Waals surface area contributed by atoms with Gasteiger partial charge < -0.3 is 9.47 Å². The molecule has 1 rings (SSSR count). The number of methoxy groups -OCH3 is 1. The maximum absolute atomic E-state index is 12.1. The number of nitrogens with zero attached hydrogens (tertiary/aromatic N) is 2. The average molecular weight is 266 g/mol. The zero-order valence-corrected chi connectivity index (χ0v) is 12.0. The van der Waals surface area contributed by atoms with E-state index in [4.69, 9.17) is 9.47 Å². The van der Waals surface area contributed by atoms with Gasteiger partial charge >= 0.3 is 6.09 Å². The van der Waals surface area contributed by atoms with Crippen molar-refractivity contribution < 1.29 is 14.3 Å². The molecule has 106 valence electrons. The molecule has 0 aliphatic carbocycles. The number of pyridine rings is 1. The first-order valence-corrected chi connectivity index (χ1v) is 6.29. The van der Waals surface area contributed by atoms with Gasteiger partial charge in [-0.3, -0.25) is 9.88 Å². The van der Waals surface area contributed by atoms with Crippen LogP contribution in [-0.2, 0) is 16.0 Å². The number of carbonyl (C=O) groups excluding carboxylic acids is 1. The fourth-order valence-corrected chi connectivity index (χ4v) is 1.45. The van der Waals surface area contributed by atoms with E-state index in [0.29, 0.717) is 19.7 Å². The first-order chi connectivity index (χ1) is 8.92. The summed E-state index contributed by atoms with van der Waals surface area (Å²) in [4.78, 5) is 17.9. The lowest BCUT2D eigenvalue weighted by atomic mass is 10.2. The normalized spacial score (nSPS) is 11.2. The maximum atomic E-state index is 12.1. The SMILES string of the molecule is COCCN(Cc1ccccn1)C(=O)OC(C)(C)C. The number of rotatable bonds is 5. The second kappa shape index (κ2) is 7.09. The third kappa shape index (κ3) is 6.20. The van der Waals surface area contributed by atoms with Crippen molar-refractivity contribution in [3.8, 4) is 0 Å². The van der Waals surface area contributed by atoms with Gasteiger partial charge in [-0.25, -0.2) is 4.79 Å². The monoisotopic (exact) mass is 266 g/mol. The highest BCUT2D eigenvalue weighted by Gasteiger charge is 2.22. The summed E-state index contributed by atoms with van der Waals surface area (Å²) >= 11 is 0. The molecule has 0 spiro atoms. The Kier molecular flexibility index (Phi) is 5.76. The molecule has 0 atom stereocenters. The Labute approximate surface area is 114 Å². The Morgan fingerprint density at radius 3 is 2.63 bits per heavy atom. The van der Waals surface area contributed by atoms with E-state index >= 15 is 0 Å². The fourth-order valence-electron chi connectivity index (χ4n) is 1.45. The third-order valence-electron chi connectivity index (χ3n) is 2.30. The molecule has 1 heterocycles. The Hall–Kier alpha value is -1.62. The largest absolute Gasteiger partial charge is 0.444 e. The van der Waals surface area contributed by atoms with Gasteiger partial charge in [0.15, 0.2) is 0 Å². The van der Waals surface area contributed by atoms with Crippen molar-refractivity contribution in [2.45, 2.75) is 32.9 Å². The maximum Gasteiger partial charge on any atom is 0.410 e. The first-order valence-electron chi connectivity index (χ1n) is 6.29. The van der Waals surface area contributed by atoms with Crippen LogP contribution in [0.15, 0.2) is 24.4 Å². The molecule has 5 nitrogen and oxygen atoms in total. The summed E-state index contributed by atoms with van der Waals surface area (Å²) in [5.74, 6) is 0. The minimum atomic E-state index is -0.507. The molecule has 0 bridgehead atoms. The van der Waals surface area contributed by atoms with Crippen LogP contribution in [0.4, 0.5) is 4.79 Å². The van der Waals surface area contributed by atoms with Crippen molar-refractivity contribution in [1.82, 2.24) is 9.88 Å². The van der Waals surface area contributed by atoms with Crippen LogP contribution in [0.2, 0.25) is 0 Å². The number of aromatic nitrogens is 1. The van der Waals surface area contributed by atoms with Gasteiger partial charge in [-0.05, 0) is 32.9 Å². The number of hydrogen-bond acceptors (Lipinski definition) is 4. The standard InChI is InChI=1S/C14H22N2O3/c1-14(2,3)19-13(17)16(9-10-18-4)11-12-7-5-6-8-15-12/h5-8H,9-11H2,1-4H3. The molecular formula is C14H22N2O3. The highest BCUT2D eigenvalue weighted by atomic mass is 16.6. The minimum Gasteiger partial charge on any atom is -0.444 e. The molecule has 0 aliphatic rings. The van der Waals surface area contributed by atoms with Crippen molar-refractivity contribution in [1.29, 1.82) is 0 Å². The summed E-state index contributed by atoms with van der Waals surface area (Å²) in [7, 11) is 1.61. The van der Waals surface area contributed by atoms with E-state index in [2.05, 4.69) is 4.98 Å². The molecule has 0 N–H and O–H groups in total. The molecule has 0 radical (unpaired) electrons. The van der Waals surface area contributed by atoms with Crippen molar-refractivity contribution in [2.75, 3.05) is 20.3 Å². The first kappa shape index (κ1) is 15.4. The van der Waals surface area contributed by atoms with Crippen LogP contribution in [0.25, 0.3) is 0 Å².